The first kappa shape index (κ1) is 21.3. The Hall–Kier alpha value is -3.58. The lowest BCUT2D eigenvalue weighted by Crippen LogP contribution is -2.32. The lowest BCUT2D eigenvalue weighted by Gasteiger charge is -2.19. The minimum absolute atomic E-state index is 0.280. The first-order valence-corrected chi connectivity index (χ1v) is 12.1. The molecule has 0 unspecified atom stereocenters. The van der Waals surface area contributed by atoms with Crippen molar-refractivity contribution in [2.45, 2.75) is 19.8 Å². The Balaban J connectivity index is 1.50. The first-order valence-electron chi connectivity index (χ1n) is 11.2. The highest BCUT2D eigenvalue weighted by molar-refractivity contribution is 7.11. The second-order valence-electron chi connectivity index (χ2n) is 7.94. The van der Waals surface area contributed by atoms with Gasteiger partial charge in [0.15, 0.2) is 0 Å². The number of hydrogen-bond donors (Lipinski definition) is 1. The second kappa shape index (κ2) is 9.11. The number of nitrogens with zero attached hydrogens (tertiary/aromatic N) is 2. The molecule has 0 spiro atoms. The largest absolute Gasteiger partial charge is 0.492 e. The van der Waals surface area contributed by atoms with Crippen molar-refractivity contribution in [2.75, 3.05) is 34.8 Å². The minimum atomic E-state index is -0.390. The van der Waals surface area contributed by atoms with Gasteiger partial charge >= 0.3 is 0 Å². The van der Waals surface area contributed by atoms with Crippen LogP contribution >= 0.6 is 11.3 Å². The fraction of sp³-hybridized carbons (Fsp3) is 0.231. The van der Waals surface area contributed by atoms with Crippen LogP contribution in [-0.2, 0) is 9.59 Å². The number of para-hydroxylation sites is 2. The lowest BCUT2D eigenvalue weighted by molar-refractivity contribution is -0.120. The summed E-state index contributed by atoms with van der Waals surface area (Å²) in [6, 6.07) is 18.9. The summed E-state index contributed by atoms with van der Waals surface area (Å²) in [5.74, 6) is -0.242. The predicted molar refractivity (Wildman–Crippen MR) is 133 cm³/mol. The van der Waals surface area contributed by atoms with Crippen molar-refractivity contribution in [3.05, 3.63) is 76.6 Å². The van der Waals surface area contributed by atoms with Crippen LogP contribution in [0.3, 0.4) is 0 Å². The molecule has 2 aliphatic rings. The number of nitrogens with one attached hydrogen (secondary N) is 1. The van der Waals surface area contributed by atoms with Crippen molar-refractivity contribution >= 4 is 45.8 Å². The summed E-state index contributed by atoms with van der Waals surface area (Å²) in [4.78, 5) is 31.5. The SMILES string of the molecule is CCOc1ccccc1N1C(=O)C(Nc2ccc(N3CCCC3)cc2)=C(c2cccs2)C1=O. The number of ether oxygens (including phenoxy) is 1. The Morgan fingerprint density at radius 3 is 2.39 bits per heavy atom. The Labute approximate surface area is 197 Å². The molecule has 1 aromatic heterocycles. The summed E-state index contributed by atoms with van der Waals surface area (Å²) in [5, 5.41) is 5.15. The van der Waals surface area contributed by atoms with E-state index in [-0.39, 0.29) is 17.5 Å². The smallest absolute Gasteiger partial charge is 0.282 e. The van der Waals surface area contributed by atoms with Gasteiger partial charge < -0.3 is 15.0 Å². The third kappa shape index (κ3) is 4.00. The van der Waals surface area contributed by atoms with Crippen molar-refractivity contribution in [1.29, 1.82) is 0 Å². The van der Waals surface area contributed by atoms with Gasteiger partial charge in [-0.3, -0.25) is 9.59 Å². The molecule has 0 saturated carbocycles. The molecule has 0 aliphatic carbocycles. The Morgan fingerprint density at radius 2 is 1.70 bits per heavy atom. The van der Waals surface area contributed by atoms with E-state index in [1.165, 1.54) is 34.8 Å². The van der Waals surface area contributed by atoms with E-state index >= 15 is 0 Å². The number of amides is 2. The monoisotopic (exact) mass is 459 g/mol. The van der Waals surface area contributed by atoms with Crippen molar-refractivity contribution in [2.24, 2.45) is 0 Å². The van der Waals surface area contributed by atoms with Crippen LogP contribution in [-0.4, -0.2) is 31.5 Å². The molecule has 3 aromatic rings. The van der Waals surface area contributed by atoms with E-state index in [0.29, 0.717) is 23.6 Å². The van der Waals surface area contributed by atoms with Gasteiger partial charge in [-0.15, -0.1) is 11.3 Å². The molecule has 2 aliphatic heterocycles. The molecule has 7 heteroatoms. The molecule has 2 aromatic carbocycles. The maximum Gasteiger partial charge on any atom is 0.282 e. The quantitative estimate of drug-likeness (QED) is 0.496. The number of carbonyl (C=O) groups excluding carboxylic acids is 2. The Bertz CT molecular complexity index is 1200. The molecule has 0 atom stereocenters. The molecular formula is C26H25N3O3S. The second-order valence-corrected chi connectivity index (χ2v) is 8.89. The molecule has 6 nitrogen and oxygen atoms in total. The van der Waals surface area contributed by atoms with Crippen LogP contribution in [0.5, 0.6) is 5.75 Å². The van der Waals surface area contributed by atoms with Gasteiger partial charge in [-0.05, 0) is 67.6 Å². The number of hydrogen-bond acceptors (Lipinski definition) is 6. The van der Waals surface area contributed by atoms with Crippen LogP contribution in [0, 0.1) is 0 Å². The zero-order valence-corrected chi connectivity index (χ0v) is 19.2. The third-order valence-electron chi connectivity index (χ3n) is 5.87. The summed E-state index contributed by atoms with van der Waals surface area (Å²) in [7, 11) is 0. The van der Waals surface area contributed by atoms with E-state index in [0.717, 1.165) is 23.7 Å². The molecule has 0 radical (unpaired) electrons. The van der Waals surface area contributed by atoms with Gasteiger partial charge in [0.25, 0.3) is 11.8 Å². The standard InChI is InChI=1S/C26H25N3O3S/c1-2-32-21-9-4-3-8-20(21)29-25(30)23(22-10-7-17-33-22)24(26(29)31)27-18-11-13-19(14-12-18)28-15-5-6-16-28/h3-4,7-14,17,27H,2,5-6,15-16H2,1H3. The summed E-state index contributed by atoms with van der Waals surface area (Å²) in [6.45, 7) is 4.45. The highest BCUT2D eigenvalue weighted by Gasteiger charge is 2.41. The number of carbonyl (C=O) groups is 2. The summed E-state index contributed by atoms with van der Waals surface area (Å²) >= 11 is 1.44. The fourth-order valence-electron chi connectivity index (χ4n) is 4.31. The van der Waals surface area contributed by atoms with E-state index in [1.54, 1.807) is 18.2 Å². The molecule has 1 N–H and O–H groups in total. The van der Waals surface area contributed by atoms with Crippen molar-refractivity contribution < 1.29 is 14.3 Å². The minimum Gasteiger partial charge on any atom is -0.492 e. The number of benzene rings is 2. The molecule has 1 fully saturated rings. The van der Waals surface area contributed by atoms with E-state index in [4.69, 9.17) is 4.74 Å². The van der Waals surface area contributed by atoms with Crippen LogP contribution in [0.4, 0.5) is 17.1 Å². The van der Waals surface area contributed by atoms with Gasteiger partial charge in [0.2, 0.25) is 0 Å². The number of thiophene rings is 1. The molecule has 3 heterocycles. The van der Waals surface area contributed by atoms with E-state index in [9.17, 15) is 9.59 Å². The maximum absolute atomic E-state index is 13.6. The average Bonchev–Trinajstić information content (AvgIpc) is 3.58. The molecule has 168 valence electrons. The Kier molecular flexibility index (Phi) is 5.88. The third-order valence-corrected chi connectivity index (χ3v) is 6.75. The first-order chi connectivity index (χ1) is 16.2. The molecule has 1 saturated heterocycles. The van der Waals surface area contributed by atoms with Crippen molar-refractivity contribution in [1.82, 2.24) is 0 Å². The van der Waals surface area contributed by atoms with Gasteiger partial charge in [0, 0.05) is 29.3 Å². The molecule has 5 rings (SSSR count). The van der Waals surface area contributed by atoms with Crippen LogP contribution < -0.4 is 19.9 Å². The van der Waals surface area contributed by atoms with Crippen LogP contribution in [0.1, 0.15) is 24.6 Å². The number of rotatable bonds is 7. The average molecular weight is 460 g/mol. The molecular weight excluding hydrogens is 434 g/mol. The van der Waals surface area contributed by atoms with Gasteiger partial charge in [-0.1, -0.05) is 18.2 Å². The van der Waals surface area contributed by atoms with Gasteiger partial charge in [-0.2, -0.15) is 0 Å². The van der Waals surface area contributed by atoms with Crippen LogP contribution in [0.15, 0.2) is 71.7 Å². The molecule has 2 amide bonds. The van der Waals surface area contributed by atoms with Gasteiger partial charge in [-0.25, -0.2) is 4.90 Å². The summed E-state index contributed by atoms with van der Waals surface area (Å²) in [6.07, 6.45) is 2.43. The van der Waals surface area contributed by atoms with Crippen LogP contribution in [0.2, 0.25) is 0 Å². The van der Waals surface area contributed by atoms with Crippen molar-refractivity contribution in [3.8, 4) is 5.75 Å². The predicted octanol–water partition coefficient (Wildman–Crippen LogP) is 5.14. The fourth-order valence-corrected chi connectivity index (χ4v) is 5.08. The Morgan fingerprint density at radius 1 is 0.939 bits per heavy atom. The zero-order chi connectivity index (χ0) is 22.8. The number of anilines is 3. The van der Waals surface area contributed by atoms with E-state index in [1.807, 2.05) is 42.6 Å². The summed E-state index contributed by atoms with van der Waals surface area (Å²) in [5.41, 5.74) is 3.05. The highest BCUT2D eigenvalue weighted by atomic mass is 32.1. The maximum atomic E-state index is 13.6. The van der Waals surface area contributed by atoms with Crippen LogP contribution in [0.25, 0.3) is 5.57 Å². The van der Waals surface area contributed by atoms with Gasteiger partial charge in [0.1, 0.15) is 11.4 Å². The number of imide groups is 1. The summed E-state index contributed by atoms with van der Waals surface area (Å²) < 4.78 is 5.70. The van der Waals surface area contributed by atoms with Crippen molar-refractivity contribution in [3.63, 3.8) is 0 Å². The van der Waals surface area contributed by atoms with E-state index in [2.05, 4.69) is 22.3 Å². The molecule has 33 heavy (non-hydrogen) atoms. The zero-order valence-electron chi connectivity index (χ0n) is 18.4. The molecule has 0 bridgehead atoms. The topological polar surface area (TPSA) is 61.9 Å². The van der Waals surface area contributed by atoms with Gasteiger partial charge in [0.05, 0.1) is 17.9 Å². The highest BCUT2D eigenvalue weighted by Crippen LogP contribution is 2.39. The lowest BCUT2D eigenvalue weighted by atomic mass is 10.1. The van der Waals surface area contributed by atoms with E-state index < -0.39 is 0 Å². The normalized spacial score (nSPS) is 16.2.